The average molecular weight is 245 g/mol. The van der Waals surface area contributed by atoms with Crippen LogP contribution in [0.15, 0.2) is 24.3 Å². The first-order chi connectivity index (χ1) is 8.83. The van der Waals surface area contributed by atoms with Crippen LogP contribution >= 0.6 is 0 Å². The van der Waals surface area contributed by atoms with E-state index in [-0.39, 0.29) is 11.8 Å². The molecule has 0 saturated carbocycles. The number of benzene rings is 1. The highest BCUT2D eigenvalue weighted by Gasteiger charge is 2.29. The fraction of sp³-hybridized carbons (Fsp3) is 0.562. The van der Waals surface area contributed by atoms with Crippen molar-refractivity contribution < 1.29 is 4.79 Å². The fourth-order valence-electron chi connectivity index (χ4n) is 2.69. The van der Waals surface area contributed by atoms with Gasteiger partial charge in [-0.25, -0.2) is 0 Å². The first kappa shape index (κ1) is 13.1. The van der Waals surface area contributed by atoms with Gasteiger partial charge in [-0.15, -0.1) is 0 Å². The monoisotopic (exact) mass is 245 g/mol. The standard InChI is InChI=1S/C16H23NO/c1-2-3-4-5-6-7-11-14-13-10-8-9-12-15(13)17-16(14)18/h8-10,12,14H,2-7,11H2,1H3,(H,17,18). The normalized spacial score (nSPS) is 17.6. The molecule has 1 N–H and O–H groups in total. The average Bonchev–Trinajstić information content (AvgIpc) is 2.70. The quantitative estimate of drug-likeness (QED) is 0.705. The summed E-state index contributed by atoms with van der Waals surface area (Å²) in [5.74, 6) is 0.275. The van der Waals surface area contributed by atoms with E-state index < -0.39 is 0 Å². The minimum Gasteiger partial charge on any atom is -0.325 e. The van der Waals surface area contributed by atoms with Crippen molar-refractivity contribution in [3.05, 3.63) is 29.8 Å². The number of amides is 1. The molecule has 1 aromatic rings. The van der Waals surface area contributed by atoms with Gasteiger partial charge >= 0.3 is 0 Å². The number of rotatable bonds is 7. The molecule has 1 aliphatic rings. The highest BCUT2D eigenvalue weighted by molar-refractivity contribution is 6.02. The minimum atomic E-state index is 0.0902. The summed E-state index contributed by atoms with van der Waals surface area (Å²) >= 11 is 0. The molecule has 0 radical (unpaired) electrons. The number of hydrogen-bond acceptors (Lipinski definition) is 1. The number of para-hydroxylation sites is 1. The number of carbonyl (C=O) groups excluding carboxylic acids is 1. The number of fused-ring (bicyclic) bond motifs is 1. The van der Waals surface area contributed by atoms with E-state index in [9.17, 15) is 4.79 Å². The lowest BCUT2D eigenvalue weighted by Gasteiger charge is -2.08. The van der Waals surface area contributed by atoms with Crippen LogP contribution in [0.25, 0.3) is 0 Å². The van der Waals surface area contributed by atoms with Gasteiger partial charge in [0, 0.05) is 5.69 Å². The summed E-state index contributed by atoms with van der Waals surface area (Å²) in [5, 5.41) is 2.97. The maximum absolute atomic E-state index is 11.9. The van der Waals surface area contributed by atoms with Crippen molar-refractivity contribution in [2.45, 2.75) is 57.8 Å². The first-order valence-electron chi connectivity index (χ1n) is 7.22. The van der Waals surface area contributed by atoms with Gasteiger partial charge in [-0.3, -0.25) is 4.79 Å². The smallest absolute Gasteiger partial charge is 0.232 e. The van der Waals surface area contributed by atoms with Gasteiger partial charge in [-0.05, 0) is 18.1 Å². The van der Waals surface area contributed by atoms with Crippen LogP contribution in [0.2, 0.25) is 0 Å². The molecule has 0 aromatic heterocycles. The Morgan fingerprint density at radius 2 is 1.78 bits per heavy atom. The predicted octanol–water partition coefficient (Wildman–Crippen LogP) is 4.47. The zero-order valence-corrected chi connectivity index (χ0v) is 11.2. The van der Waals surface area contributed by atoms with Gasteiger partial charge in [0.15, 0.2) is 0 Å². The Kier molecular flexibility index (Phi) is 4.80. The first-order valence-corrected chi connectivity index (χ1v) is 7.22. The van der Waals surface area contributed by atoms with Crippen LogP contribution in [-0.2, 0) is 4.79 Å². The van der Waals surface area contributed by atoms with Crippen LogP contribution in [0.4, 0.5) is 5.69 Å². The Morgan fingerprint density at radius 3 is 2.61 bits per heavy atom. The molecule has 1 unspecified atom stereocenters. The highest BCUT2D eigenvalue weighted by atomic mass is 16.2. The molecule has 98 valence electrons. The number of carbonyl (C=O) groups is 1. The summed E-state index contributed by atoms with van der Waals surface area (Å²) < 4.78 is 0. The second-order valence-corrected chi connectivity index (χ2v) is 5.19. The highest BCUT2D eigenvalue weighted by Crippen LogP contribution is 2.35. The summed E-state index contributed by atoms with van der Waals surface area (Å²) in [6.07, 6.45) is 8.69. The second-order valence-electron chi connectivity index (χ2n) is 5.19. The van der Waals surface area contributed by atoms with Gasteiger partial charge in [0.1, 0.15) is 0 Å². The third-order valence-corrected chi connectivity index (χ3v) is 3.76. The molecular formula is C16H23NO. The van der Waals surface area contributed by atoms with E-state index in [4.69, 9.17) is 0 Å². The van der Waals surface area contributed by atoms with Crippen molar-refractivity contribution in [2.24, 2.45) is 0 Å². The van der Waals surface area contributed by atoms with E-state index in [2.05, 4.69) is 18.3 Å². The van der Waals surface area contributed by atoms with Crippen LogP contribution in [0.1, 0.15) is 63.4 Å². The fourth-order valence-corrected chi connectivity index (χ4v) is 2.69. The Morgan fingerprint density at radius 1 is 1.06 bits per heavy atom. The van der Waals surface area contributed by atoms with Crippen LogP contribution in [0.3, 0.4) is 0 Å². The lowest BCUT2D eigenvalue weighted by atomic mass is 9.94. The molecule has 2 nitrogen and oxygen atoms in total. The van der Waals surface area contributed by atoms with Crippen molar-refractivity contribution in [3.63, 3.8) is 0 Å². The molecule has 2 rings (SSSR count). The van der Waals surface area contributed by atoms with Crippen LogP contribution in [0, 0.1) is 0 Å². The zero-order chi connectivity index (χ0) is 12.8. The largest absolute Gasteiger partial charge is 0.325 e. The van der Waals surface area contributed by atoms with Crippen molar-refractivity contribution >= 4 is 11.6 Å². The molecule has 18 heavy (non-hydrogen) atoms. The molecular weight excluding hydrogens is 222 g/mol. The molecule has 1 aromatic carbocycles. The number of hydrogen-bond donors (Lipinski definition) is 1. The molecule has 1 heterocycles. The van der Waals surface area contributed by atoms with Crippen LogP contribution in [0.5, 0.6) is 0 Å². The van der Waals surface area contributed by atoms with Gasteiger partial charge in [0.05, 0.1) is 5.92 Å². The molecule has 0 bridgehead atoms. The molecule has 1 aliphatic heterocycles. The van der Waals surface area contributed by atoms with Gasteiger partial charge in [-0.2, -0.15) is 0 Å². The predicted molar refractivity (Wildman–Crippen MR) is 75.8 cm³/mol. The van der Waals surface area contributed by atoms with E-state index in [1.807, 2.05) is 18.2 Å². The van der Waals surface area contributed by atoms with Crippen LogP contribution < -0.4 is 5.32 Å². The van der Waals surface area contributed by atoms with E-state index in [0.29, 0.717) is 0 Å². The third-order valence-electron chi connectivity index (χ3n) is 3.76. The van der Waals surface area contributed by atoms with Crippen LogP contribution in [-0.4, -0.2) is 5.91 Å². The maximum atomic E-state index is 11.9. The van der Waals surface area contributed by atoms with Crippen molar-refractivity contribution in [3.8, 4) is 0 Å². The molecule has 2 heteroatoms. The summed E-state index contributed by atoms with van der Waals surface area (Å²) in [6, 6.07) is 8.07. The van der Waals surface area contributed by atoms with Crippen molar-refractivity contribution in [1.82, 2.24) is 0 Å². The molecule has 0 aliphatic carbocycles. The van der Waals surface area contributed by atoms with Gasteiger partial charge in [0.25, 0.3) is 0 Å². The zero-order valence-electron chi connectivity index (χ0n) is 11.2. The maximum Gasteiger partial charge on any atom is 0.232 e. The summed E-state index contributed by atoms with van der Waals surface area (Å²) in [4.78, 5) is 11.9. The lowest BCUT2D eigenvalue weighted by molar-refractivity contribution is -0.117. The summed E-state index contributed by atoms with van der Waals surface area (Å²) in [5.41, 5.74) is 2.20. The van der Waals surface area contributed by atoms with Crippen molar-refractivity contribution in [1.29, 1.82) is 0 Å². The van der Waals surface area contributed by atoms with Gasteiger partial charge in [-0.1, -0.05) is 63.6 Å². The van der Waals surface area contributed by atoms with E-state index in [0.717, 1.165) is 18.5 Å². The number of unbranched alkanes of at least 4 members (excludes halogenated alkanes) is 5. The topological polar surface area (TPSA) is 29.1 Å². The molecule has 0 fully saturated rings. The summed E-state index contributed by atoms with van der Waals surface area (Å²) in [7, 11) is 0. The van der Waals surface area contributed by atoms with Gasteiger partial charge < -0.3 is 5.32 Å². The molecule has 0 spiro atoms. The SMILES string of the molecule is CCCCCCCCC1C(=O)Nc2ccccc21. The minimum absolute atomic E-state index is 0.0902. The lowest BCUT2D eigenvalue weighted by Crippen LogP contribution is -2.11. The summed E-state index contributed by atoms with van der Waals surface area (Å²) in [6.45, 7) is 2.24. The van der Waals surface area contributed by atoms with E-state index >= 15 is 0 Å². The number of nitrogens with one attached hydrogen (secondary N) is 1. The number of anilines is 1. The molecule has 0 saturated heterocycles. The van der Waals surface area contributed by atoms with Gasteiger partial charge in [0.2, 0.25) is 5.91 Å². The third kappa shape index (κ3) is 3.12. The van der Waals surface area contributed by atoms with E-state index in [1.54, 1.807) is 0 Å². The Balaban J connectivity index is 1.78. The second kappa shape index (κ2) is 6.58. The van der Waals surface area contributed by atoms with Crippen molar-refractivity contribution in [2.75, 3.05) is 5.32 Å². The molecule has 1 amide bonds. The Labute approximate surface area is 110 Å². The Hall–Kier alpha value is -1.31. The molecule has 1 atom stereocenters. The Bertz CT molecular complexity index is 400. The van der Waals surface area contributed by atoms with E-state index in [1.165, 1.54) is 37.7 Å².